The van der Waals surface area contributed by atoms with E-state index in [0.717, 1.165) is 26.2 Å². The largest absolute Gasteiger partial charge is 0.381 e. The molecule has 2 unspecified atom stereocenters. The second kappa shape index (κ2) is 5.71. The first-order valence-electron chi connectivity index (χ1n) is 5.08. The van der Waals surface area contributed by atoms with Gasteiger partial charge in [0.05, 0.1) is 11.4 Å². The molecule has 82 valence electrons. The molecule has 3 nitrogen and oxygen atoms in total. The van der Waals surface area contributed by atoms with Crippen LogP contribution in [0, 0.1) is 5.92 Å². The van der Waals surface area contributed by atoms with Crippen LogP contribution in [0.15, 0.2) is 0 Å². The Balaban J connectivity index is 2.31. The van der Waals surface area contributed by atoms with Crippen molar-refractivity contribution in [2.75, 3.05) is 26.8 Å². The van der Waals surface area contributed by atoms with Crippen LogP contribution in [0.5, 0.6) is 0 Å². The van der Waals surface area contributed by atoms with E-state index >= 15 is 0 Å². The van der Waals surface area contributed by atoms with Crippen LogP contribution in [0.1, 0.15) is 19.8 Å². The van der Waals surface area contributed by atoms with Crippen molar-refractivity contribution in [1.82, 2.24) is 4.90 Å². The Hall–Kier alpha value is -0.0900. The highest BCUT2D eigenvalue weighted by Gasteiger charge is 2.20. The van der Waals surface area contributed by atoms with E-state index in [9.17, 15) is 4.79 Å². The van der Waals surface area contributed by atoms with Crippen LogP contribution in [0.3, 0.4) is 0 Å². The van der Waals surface area contributed by atoms with Gasteiger partial charge in [0.1, 0.15) is 0 Å². The lowest BCUT2D eigenvalue weighted by molar-refractivity contribution is -0.130. The number of amides is 1. The Labute approximate surface area is 93.9 Å². The summed E-state index contributed by atoms with van der Waals surface area (Å²) >= 11 is 3.28. The van der Waals surface area contributed by atoms with Crippen LogP contribution in [0.25, 0.3) is 0 Å². The molecule has 1 heterocycles. The van der Waals surface area contributed by atoms with Crippen molar-refractivity contribution in [3.63, 3.8) is 0 Å². The van der Waals surface area contributed by atoms with Crippen LogP contribution >= 0.6 is 15.9 Å². The van der Waals surface area contributed by atoms with Gasteiger partial charge in [-0.15, -0.1) is 0 Å². The van der Waals surface area contributed by atoms with Crippen molar-refractivity contribution in [2.24, 2.45) is 5.92 Å². The van der Waals surface area contributed by atoms with E-state index < -0.39 is 0 Å². The molecule has 0 N–H and O–H groups in total. The molecular weight excluding hydrogens is 246 g/mol. The van der Waals surface area contributed by atoms with Crippen LogP contribution in [-0.2, 0) is 9.53 Å². The first kappa shape index (κ1) is 12.0. The summed E-state index contributed by atoms with van der Waals surface area (Å²) in [5.74, 6) is 0.666. The van der Waals surface area contributed by atoms with Crippen LogP contribution in [0.4, 0.5) is 0 Å². The quantitative estimate of drug-likeness (QED) is 0.725. The van der Waals surface area contributed by atoms with E-state index in [1.54, 1.807) is 4.90 Å². The third kappa shape index (κ3) is 3.58. The van der Waals surface area contributed by atoms with Gasteiger partial charge in [-0.25, -0.2) is 0 Å². The number of hydrogen-bond donors (Lipinski definition) is 0. The monoisotopic (exact) mass is 263 g/mol. The van der Waals surface area contributed by atoms with Crippen molar-refractivity contribution in [3.8, 4) is 0 Å². The number of alkyl halides is 1. The van der Waals surface area contributed by atoms with Crippen molar-refractivity contribution in [2.45, 2.75) is 24.6 Å². The molecule has 0 aliphatic carbocycles. The number of carbonyl (C=O) groups excluding carboxylic acids is 1. The third-order valence-corrected chi connectivity index (χ3v) is 2.89. The van der Waals surface area contributed by atoms with E-state index in [2.05, 4.69) is 15.9 Å². The molecule has 0 aromatic heterocycles. The summed E-state index contributed by atoms with van der Waals surface area (Å²) in [7, 11) is 1.86. The zero-order valence-corrected chi connectivity index (χ0v) is 10.4. The Morgan fingerprint density at radius 1 is 1.71 bits per heavy atom. The number of rotatable bonds is 3. The fourth-order valence-corrected chi connectivity index (χ4v) is 2.08. The van der Waals surface area contributed by atoms with E-state index in [0.29, 0.717) is 5.92 Å². The number of nitrogens with zero attached hydrogens (tertiary/aromatic N) is 1. The average molecular weight is 264 g/mol. The number of ether oxygens (including phenoxy) is 1. The second-order valence-electron chi connectivity index (χ2n) is 3.92. The molecule has 1 amide bonds. The van der Waals surface area contributed by atoms with Gasteiger partial charge in [0.25, 0.3) is 0 Å². The Morgan fingerprint density at radius 2 is 2.43 bits per heavy atom. The minimum Gasteiger partial charge on any atom is -0.381 e. The first-order valence-corrected chi connectivity index (χ1v) is 5.99. The zero-order valence-electron chi connectivity index (χ0n) is 8.83. The van der Waals surface area contributed by atoms with E-state index in [-0.39, 0.29) is 10.7 Å². The van der Waals surface area contributed by atoms with Crippen LogP contribution < -0.4 is 0 Å². The highest BCUT2D eigenvalue weighted by molar-refractivity contribution is 9.10. The lowest BCUT2D eigenvalue weighted by Gasteiger charge is -2.27. The first-order chi connectivity index (χ1) is 6.61. The molecule has 0 saturated carbocycles. The molecule has 0 radical (unpaired) electrons. The van der Waals surface area contributed by atoms with Gasteiger partial charge in [-0.05, 0) is 25.7 Å². The second-order valence-corrected chi connectivity index (χ2v) is 5.29. The smallest absolute Gasteiger partial charge is 0.235 e. The van der Waals surface area contributed by atoms with Gasteiger partial charge in [0.15, 0.2) is 0 Å². The van der Waals surface area contributed by atoms with E-state index in [1.807, 2.05) is 14.0 Å². The Morgan fingerprint density at radius 3 is 2.93 bits per heavy atom. The number of carbonyl (C=O) groups is 1. The summed E-state index contributed by atoms with van der Waals surface area (Å²) in [6, 6.07) is 0. The fourth-order valence-electron chi connectivity index (χ4n) is 1.73. The molecule has 0 aromatic rings. The van der Waals surface area contributed by atoms with Gasteiger partial charge in [-0.1, -0.05) is 15.9 Å². The molecule has 0 aromatic carbocycles. The van der Waals surface area contributed by atoms with Crippen LogP contribution in [0.2, 0.25) is 0 Å². The maximum Gasteiger partial charge on any atom is 0.235 e. The summed E-state index contributed by atoms with van der Waals surface area (Å²) in [6.07, 6.45) is 2.30. The predicted molar refractivity (Wildman–Crippen MR) is 59.6 cm³/mol. The summed E-state index contributed by atoms with van der Waals surface area (Å²) in [5, 5.41) is 0. The molecule has 1 fully saturated rings. The van der Waals surface area contributed by atoms with Gasteiger partial charge in [-0.3, -0.25) is 4.79 Å². The maximum atomic E-state index is 11.6. The lowest BCUT2D eigenvalue weighted by atomic mass is 10.0. The van der Waals surface area contributed by atoms with Gasteiger partial charge in [-0.2, -0.15) is 0 Å². The highest BCUT2D eigenvalue weighted by atomic mass is 79.9. The number of halogens is 1. The molecular formula is C10H18BrNO2. The molecule has 0 spiro atoms. The normalized spacial score (nSPS) is 24.4. The SMILES string of the molecule is CC(Br)C(=O)N(C)CC1CCCOC1. The molecule has 4 heteroatoms. The van der Waals surface area contributed by atoms with Crippen LogP contribution in [-0.4, -0.2) is 42.4 Å². The van der Waals surface area contributed by atoms with Crippen molar-refractivity contribution in [3.05, 3.63) is 0 Å². The molecule has 1 rings (SSSR count). The molecule has 0 bridgehead atoms. The standard InChI is InChI=1S/C10H18BrNO2/c1-8(11)10(13)12(2)6-9-4-3-5-14-7-9/h8-9H,3-7H2,1-2H3. The predicted octanol–water partition coefficient (Wildman–Crippen LogP) is 1.65. The minimum atomic E-state index is -0.0861. The zero-order chi connectivity index (χ0) is 10.6. The summed E-state index contributed by atoms with van der Waals surface area (Å²) in [6.45, 7) is 4.35. The maximum absolute atomic E-state index is 11.6. The molecule has 1 saturated heterocycles. The fraction of sp³-hybridized carbons (Fsp3) is 0.900. The van der Waals surface area contributed by atoms with Crippen molar-refractivity contribution in [1.29, 1.82) is 0 Å². The summed E-state index contributed by atoms with van der Waals surface area (Å²) in [4.78, 5) is 13.3. The highest BCUT2D eigenvalue weighted by Crippen LogP contribution is 2.15. The summed E-state index contributed by atoms with van der Waals surface area (Å²) in [5.41, 5.74) is 0. The molecule has 14 heavy (non-hydrogen) atoms. The number of hydrogen-bond acceptors (Lipinski definition) is 2. The van der Waals surface area contributed by atoms with Gasteiger partial charge >= 0.3 is 0 Å². The summed E-state index contributed by atoms with van der Waals surface area (Å²) < 4.78 is 5.37. The van der Waals surface area contributed by atoms with Crippen molar-refractivity contribution < 1.29 is 9.53 Å². The van der Waals surface area contributed by atoms with Gasteiger partial charge < -0.3 is 9.64 Å². The Bertz CT molecular complexity index is 191. The topological polar surface area (TPSA) is 29.5 Å². The van der Waals surface area contributed by atoms with E-state index in [1.165, 1.54) is 6.42 Å². The Kier molecular flexibility index (Phi) is 4.89. The molecule has 1 aliphatic heterocycles. The third-order valence-electron chi connectivity index (χ3n) is 2.50. The lowest BCUT2D eigenvalue weighted by Crippen LogP contribution is -2.38. The van der Waals surface area contributed by atoms with E-state index in [4.69, 9.17) is 4.74 Å². The average Bonchev–Trinajstić information content (AvgIpc) is 2.18. The molecule has 1 aliphatic rings. The van der Waals surface area contributed by atoms with Crippen molar-refractivity contribution >= 4 is 21.8 Å². The minimum absolute atomic E-state index is 0.0861. The molecule has 2 atom stereocenters. The van der Waals surface area contributed by atoms with Gasteiger partial charge in [0, 0.05) is 20.2 Å². The van der Waals surface area contributed by atoms with Gasteiger partial charge in [0.2, 0.25) is 5.91 Å².